The summed E-state index contributed by atoms with van der Waals surface area (Å²) in [5.41, 5.74) is 0.909. The first kappa shape index (κ1) is 21.9. The van der Waals surface area contributed by atoms with E-state index in [1.54, 1.807) is 18.5 Å². The van der Waals surface area contributed by atoms with Crippen LogP contribution in [0, 0.1) is 15.5 Å². The molecule has 0 aliphatic rings. The number of benzene rings is 2. The number of non-ortho nitro benzene ring substituents is 1. The summed E-state index contributed by atoms with van der Waals surface area (Å²) in [6.07, 6.45) is 0.158. The van der Waals surface area contributed by atoms with Crippen molar-refractivity contribution in [1.82, 2.24) is 9.55 Å². The van der Waals surface area contributed by atoms with Crippen molar-refractivity contribution >= 4 is 46.1 Å². The molecule has 0 amide bonds. The minimum Gasteiger partial charge on any atom is -0.428 e. The van der Waals surface area contributed by atoms with Gasteiger partial charge in [-0.25, -0.2) is 9.78 Å². The van der Waals surface area contributed by atoms with Gasteiger partial charge in [0.05, 0.1) is 38.9 Å². The molecule has 0 aliphatic heterocycles. The van der Waals surface area contributed by atoms with Crippen molar-refractivity contribution in [2.24, 2.45) is 5.41 Å². The van der Waals surface area contributed by atoms with E-state index in [1.807, 2.05) is 25.3 Å². The highest BCUT2D eigenvalue weighted by Gasteiger charge is 2.30. The second kappa shape index (κ2) is 8.49. The van der Waals surface area contributed by atoms with Crippen molar-refractivity contribution in [2.75, 3.05) is 0 Å². The minimum absolute atomic E-state index is 0.103. The van der Waals surface area contributed by atoms with Gasteiger partial charge in [-0.1, -0.05) is 44.0 Å². The normalized spacial score (nSPS) is 12.6. The molecule has 30 heavy (non-hydrogen) atoms. The first-order valence-corrected chi connectivity index (χ1v) is 9.73. The van der Waals surface area contributed by atoms with Crippen LogP contribution in [-0.2, 0) is 11.3 Å². The summed E-state index contributed by atoms with van der Waals surface area (Å²) in [7, 11) is 0. The Hall–Kier alpha value is -2.84. The van der Waals surface area contributed by atoms with Gasteiger partial charge in [-0.2, -0.15) is 0 Å². The summed E-state index contributed by atoms with van der Waals surface area (Å²) in [6, 6.07) is 8.54. The van der Waals surface area contributed by atoms with Crippen LogP contribution in [0.3, 0.4) is 0 Å². The molecule has 2 aromatic carbocycles. The fraction of sp³-hybridized carbons (Fsp3) is 0.300. The lowest BCUT2D eigenvalue weighted by molar-refractivity contribution is -0.384. The molecule has 0 N–H and O–H groups in total. The second-order valence-corrected chi connectivity index (χ2v) is 8.54. The number of nitrogens with zero attached hydrogens (tertiary/aromatic N) is 3. The van der Waals surface area contributed by atoms with E-state index in [9.17, 15) is 14.9 Å². The topological polar surface area (TPSA) is 96.5 Å². The predicted molar refractivity (Wildman–Crippen MR) is 113 cm³/mol. The van der Waals surface area contributed by atoms with Crippen molar-refractivity contribution < 1.29 is 19.2 Å². The number of hydrogen-bond acceptors (Lipinski definition) is 6. The molecule has 1 heterocycles. The van der Waals surface area contributed by atoms with Crippen LogP contribution in [0.2, 0.25) is 10.0 Å². The standard InChI is InChI=1S/C20H19Cl2N3O5/c1-20(2,3)18(10-24-11-23-16-8-14(21)15(22)9-17(16)24)30-19(26)29-13-6-4-12(5-7-13)25(27)28/h4-9,11,18H,10H2,1-3H3/t18-/m1/s1. The van der Waals surface area contributed by atoms with E-state index >= 15 is 0 Å². The van der Waals surface area contributed by atoms with E-state index in [2.05, 4.69) is 4.98 Å². The first-order chi connectivity index (χ1) is 14.0. The average Bonchev–Trinajstić information content (AvgIpc) is 3.03. The zero-order valence-corrected chi connectivity index (χ0v) is 18.0. The van der Waals surface area contributed by atoms with E-state index in [0.29, 0.717) is 22.1 Å². The average molecular weight is 452 g/mol. The maximum Gasteiger partial charge on any atom is 0.514 e. The molecule has 0 spiro atoms. The van der Waals surface area contributed by atoms with E-state index in [1.165, 1.54) is 24.3 Å². The van der Waals surface area contributed by atoms with Gasteiger partial charge in [0.15, 0.2) is 0 Å². The first-order valence-electron chi connectivity index (χ1n) is 8.97. The summed E-state index contributed by atoms with van der Waals surface area (Å²) in [4.78, 5) is 26.8. The van der Waals surface area contributed by atoms with Crippen LogP contribution in [-0.4, -0.2) is 26.7 Å². The number of nitro groups is 1. The van der Waals surface area contributed by atoms with Gasteiger partial charge in [0, 0.05) is 17.5 Å². The summed E-state index contributed by atoms with van der Waals surface area (Å²) in [6.45, 7) is 6.10. The van der Waals surface area contributed by atoms with Gasteiger partial charge >= 0.3 is 6.16 Å². The van der Waals surface area contributed by atoms with Crippen molar-refractivity contribution in [3.8, 4) is 5.75 Å². The number of ether oxygens (including phenoxy) is 2. The summed E-state index contributed by atoms with van der Waals surface area (Å²) >= 11 is 12.2. The number of rotatable bonds is 5. The Bertz CT molecular complexity index is 1090. The zero-order chi connectivity index (χ0) is 22.1. The van der Waals surface area contributed by atoms with E-state index in [4.69, 9.17) is 32.7 Å². The monoisotopic (exact) mass is 451 g/mol. The molecule has 1 atom stereocenters. The highest BCUT2D eigenvalue weighted by atomic mass is 35.5. The number of carbonyl (C=O) groups excluding carboxylic acids is 1. The van der Waals surface area contributed by atoms with Crippen LogP contribution in [0.25, 0.3) is 11.0 Å². The summed E-state index contributed by atoms with van der Waals surface area (Å²) in [5.74, 6) is 0.146. The molecular weight excluding hydrogens is 433 g/mol. The van der Waals surface area contributed by atoms with Gasteiger partial charge in [0.1, 0.15) is 11.9 Å². The minimum atomic E-state index is -0.908. The SMILES string of the molecule is CC(C)(C)[C@@H](Cn1cnc2cc(Cl)c(Cl)cc21)OC(=O)Oc1ccc([N+](=O)[O-])cc1. The van der Waals surface area contributed by atoms with Gasteiger partial charge in [-0.3, -0.25) is 10.1 Å². The number of imidazole rings is 1. The quantitative estimate of drug-likeness (QED) is 0.208. The van der Waals surface area contributed by atoms with Gasteiger partial charge < -0.3 is 14.0 Å². The molecule has 0 aliphatic carbocycles. The molecule has 8 nitrogen and oxygen atoms in total. The maximum absolute atomic E-state index is 12.3. The van der Waals surface area contributed by atoms with E-state index < -0.39 is 22.6 Å². The van der Waals surface area contributed by atoms with Crippen molar-refractivity contribution in [3.05, 3.63) is 62.9 Å². The molecule has 0 unspecified atom stereocenters. The van der Waals surface area contributed by atoms with Crippen LogP contribution in [0.5, 0.6) is 5.75 Å². The van der Waals surface area contributed by atoms with Crippen LogP contribution in [0.1, 0.15) is 20.8 Å². The number of aromatic nitrogens is 2. The fourth-order valence-corrected chi connectivity index (χ4v) is 3.05. The van der Waals surface area contributed by atoms with Crippen molar-refractivity contribution in [1.29, 1.82) is 0 Å². The number of hydrogen-bond donors (Lipinski definition) is 0. The Morgan fingerprint density at radius 3 is 2.43 bits per heavy atom. The van der Waals surface area contributed by atoms with E-state index in [-0.39, 0.29) is 11.4 Å². The number of nitro benzene ring substituents is 1. The molecule has 1 aromatic heterocycles. The fourth-order valence-electron chi connectivity index (χ4n) is 2.74. The third kappa shape index (κ3) is 5.01. The Labute approximate surface area is 182 Å². The Kier molecular flexibility index (Phi) is 6.19. The van der Waals surface area contributed by atoms with Crippen LogP contribution < -0.4 is 4.74 Å². The summed E-state index contributed by atoms with van der Waals surface area (Å²) in [5, 5.41) is 11.5. The molecule has 158 valence electrons. The highest BCUT2D eigenvalue weighted by Crippen LogP contribution is 2.30. The Balaban J connectivity index is 1.76. The molecule has 3 aromatic rings. The predicted octanol–water partition coefficient (Wildman–Crippen LogP) is 5.88. The van der Waals surface area contributed by atoms with Crippen molar-refractivity contribution in [2.45, 2.75) is 33.4 Å². The van der Waals surface area contributed by atoms with Crippen LogP contribution in [0.15, 0.2) is 42.7 Å². The third-order valence-electron chi connectivity index (χ3n) is 4.48. The Morgan fingerprint density at radius 2 is 1.83 bits per heavy atom. The molecular formula is C20H19Cl2N3O5. The maximum atomic E-state index is 12.3. The Morgan fingerprint density at radius 1 is 1.20 bits per heavy atom. The van der Waals surface area contributed by atoms with Gasteiger partial charge in [0.2, 0.25) is 0 Å². The van der Waals surface area contributed by atoms with Crippen LogP contribution in [0.4, 0.5) is 10.5 Å². The van der Waals surface area contributed by atoms with Gasteiger partial charge in [0.25, 0.3) is 5.69 Å². The number of fused-ring (bicyclic) bond motifs is 1. The van der Waals surface area contributed by atoms with Crippen molar-refractivity contribution in [3.63, 3.8) is 0 Å². The lowest BCUT2D eigenvalue weighted by atomic mass is 9.89. The largest absolute Gasteiger partial charge is 0.514 e. The molecule has 0 saturated heterocycles. The number of halogens is 2. The van der Waals surface area contributed by atoms with E-state index in [0.717, 1.165) is 5.52 Å². The van der Waals surface area contributed by atoms with Gasteiger partial charge in [-0.15, -0.1) is 0 Å². The number of carbonyl (C=O) groups is 1. The molecule has 3 rings (SSSR count). The van der Waals surface area contributed by atoms with Crippen LogP contribution >= 0.6 is 23.2 Å². The molecule has 10 heteroatoms. The lowest BCUT2D eigenvalue weighted by Gasteiger charge is -2.30. The van der Waals surface area contributed by atoms with Gasteiger partial charge in [-0.05, 0) is 24.3 Å². The molecule has 0 fully saturated rings. The summed E-state index contributed by atoms with van der Waals surface area (Å²) < 4.78 is 12.6. The highest BCUT2D eigenvalue weighted by molar-refractivity contribution is 6.42. The smallest absolute Gasteiger partial charge is 0.428 e. The zero-order valence-electron chi connectivity index (χ0n) is 16.5. The molecule has 0 saturated carbocycles. The lowest BCUT2D eigenvalue weighted by Crippen LogP contribution is -2.36. The third-order valence-corrected chi connectivity index (χ3v) is 5.20. The molecule has 0 bridgehead atoms. The molecule has 0 radical (unpaired) electrons. The second-order valence-electron chi connectivity index (χ2n) is 7.73.